The molecule has 0 bridgehead atoms. The van der Waals surface area contributed by atoms with Crippen LogP contribution in [0.2, 0.25) is 0 Å². The second-order valence-electron chi connectivity index (χ2n) is 5.07. The number of carboxylic acid groups (broad SMARTS) is 1. The predicted molar refractivity (Wildman–Crippen MR) is 91.4 cm³/mol. The quantitative estimate of drug-likeness (QED) is 0.759. The van der Waals surface area contributed by atoms with Crippen LogP contribution in [-0.4, -0.2) is 27.0 Å². The number of rotatable bonds is 4. The van der Waals surface area contributed by atoms with Crippen LogP contribution < -0.4 is 5.32 Å². The summed E-state index contributed by atoms with van der Waals surface area (Å²) < 4.78 is 0. The van der Waals surface area contributed by atoms with E-state index in [9.17, 15) is 14.7 Å². The number of aryl methyl sites for hydroxylation is 1. The number of nitrogens with one attached hydrogen (secondary N) is 1. The summed E-state index contributed by atoms with van der Waals surface area (Å²) in [7, 11) is 0. The van der Waals surface area contributed by atoms with Crippen LogP contribution in [0.15, 0.2) is 48.2 Å². The molecule has 0 unspecified atom stereocenters. The Bertz CT molecular complexity index is 906. The van der Waals surface area contributed by atoms with E-state index in [1.807, 2.05) is 13.0 Å². The van der Waals surface area contributed by atoms with Gasteiger partial charge in [0.05, 0.1) is 11.9 Å². The fourth-order valence-electron chi connectivity index (χ4n) is 2.25. The Kier molecular flexibility index (Phi) is 4.35. The first kappa shape index (κ1) is 15.8. The van der Waals surface area contributed by atoms with Crippen molar-refractivity contribution in [2.24, 2.45) is 0 Å². The van der Waals surface area contributed by atoms with E-state index in [1.165, 1.54) is 18.6 Å². The number of amides is 1. The third kappa shape index (κ3) is 3.16. The summed E-state index contributed by atoms with van der Waals surface area (Å²) in [5.41, 5.74) is 2.32. The van der Waals surface area contributed by atoms with Crippen molar-refractivity contribution in [2.45, 2.75) is 6.92 Å². The number of nitrogens with zero attached hydrogens (tertiary/aromatic N) is 2. The van der Waals surface area contributed by atoms with Crippen molar-refractivity contribution in [1.29, 1.82) is 0 Å². The molecule has 0 saturated heterocycles. The highest BCUT2D eigenvalue weighted by atomic mass is 32.1. The average molecular weight is 339 g/mol. The molecule has 1 amide bonds. The van der Waals surface area contributed by atoms with Crippen molar-refractivity contribution in [3.05, 3.63) is 64.9 Å². The van der Waals surface area contributed by atoms with Crippen molar-refractivity contribution < 1.29 is 14.7 Å². The third-order valence-electron chi connectivity index (χ3n) is 3.35. The number of carbonyl (C=O) groups excluding carboxylic acids is 1. The lowest BCUT2D eigenvalue weighted by atomic mass is 10.1. The van der Waals surface area contributed by atoms with Crippen LogP contribution in [0.5, 0.6) is 0 Å². The van der Waals surface area contributed by atoms with Gasteiger partial charge in [-0.3, -0.25) is 14.8 Å². The summed E-state index contributed by atoms with van der Waals surface area (Å²) in [4.78, 5) is 32.1. The monoisotopic (exact) mass is 339 g/mol. The smallest absolute Gasteiger partial charge is 0.339 e. The lowest BCUT2D eigenvalue weighted by Crippen LogP contribution is -2.13. The van der Waals surface area contributed by atoms with Crippen LogP contribution in [0.3, 0.4) is 0 Å². The molecule has 2 aromatic heterocycles. The summed E-state index contributed by atoms with van der Waals surface area (Å²) in [5, 5.41) is 14.1. The number of aromatic nitrogens is 2. The molecule has 0 radical (unpaired) electrons. The third-order valence-corrected chi connectivity index (χ3v) is 4.25. The highest BCUT2D eigenvalue weighted by Gasteiger charge is 2.22. The number of benzene rings is 1. The highest BCUT2D eigenvalue weighted by Crippen LogP contribution is 2.34. The molecule has 6 nitrogen and oxygen atoms in total. The molecule has 7 heteroatoms. The zero-order chi connectivity index (χ0) is 17.1. The maximum Gasteiger partial charge on any atom is 0.339 e. The van der Waals surface area contributed by atoms with Crippen molar-refractivity contribution in [3.8, 4) is 11.3 Å². The Labute approximate surface area is 141 Å². The van der Waals surface area contributed by atoms with Crippen LogP contribution in [0.1, 0.15) is 26.3 Å². The fraction of sp³-hybridized carbons (Fsp3) is 0.0588. The van der Waals surface area contributed by atoms with Crippen molar-refractivity contribution in [2.75, 3.05) is 5.32 Å². The topological polar surface area (TPSA) is 92.2 Å². The molecular formula is C17H13N3O3S. The molecular weight excluding hydrogens is 326 g/mol. The molecule has 3 aromatic rings. The first-order valence-electron chi connectivity index (χ1n) is 7.05. The Morgan fingerprint density at radius 2 is 2.08 bits per heavy atom. The zero-order valence-corrected chi connectivity index (χ0v) is 13.5. The second-order valence-corrected chi connectivity index (χ2v) is 5.95. The largest absolute Gasteiger partial charge is 0.478 e. The fourth-order valence-corrected chi connectivity index (χ4v) is 3.19. The molecule has 0 saturated carbocycles. The van der Waals surface area contributed by atoms with Crippen molar-refractivity contribution in [1.82, 2.24) is 9.97 Å². The van der Waals surface area contributed by atoms with Crippen molar-refractivity contribution >= 4 is 28.2 Å². The van der Waals surface area contributed by atoms with E-state index in [-0.39, 0.29) is 16.5 Å². The highest BCUT2D eigenvalue weighted by molar-refractivity contribution is 7.15. The minimum atomic E-state index is -1.13. The Morgan fingerprint density at radius 3 is 2.75 bits per heavy atom. The number of thiophene rings is 1. The first-order chi connectivity index (χ1) is 11.6. The van der Waals surface area contributed by atoms with Gasteiger partial charge in [-0.25, -0.2) is 4.79 Å². The maximum absolute atomic E-state index is 12.4. The number of hydrogen-bond donors (Lipinski definition) is 2. The van der Waals surface area contributed by atoms with E-state index in [2.05, 4.69) is 15.3 Å². The minimum Gasteiger partial charge on any atom is -0.478 e. The van der Waals surface area contributed by atoms with Gasteiger partial charge in [0.1, 0.15) is 10.6 Å². The number of hydrogen-bond acceptors (Lipinski definition) is 5. The van der Waals surface area contributed by atoms with Gasteiger partial charge in [-0.15, -0.1) is 11.3 Å². The number of carbonyl (C=O) groups is 2. The van der Waals surface area contributed by atoms with Gasteiger partial charge >= 0.3 is 5.97 Å². The summed E-state index contributed by atoms with van der Waals surface area (Å²) in [5.74, 6) is -1.48. The lowest BCUT2D eigenvalue weighted by molar-refractivity contribution is 0.0699. The summed E-state index contributed by atoms with van der Waals surface area (Å²) in [6, 6.07) is 7.09. The molecule has 1 aromatic carbocycles. The molecule has 0 fully saturated rings. The molecule has 24 heavy (non-hydrogen) atoms. The first-order valence-corrected chi connectivity index (χ1v) is 7.93. The van der Waals surface area contributed by atoms with Gasteiger partial charge in [-0.1, -0.05) is 17.7 Å². The minimum absolute atomic E-state index is 0.0153. The SMILES string of the molecule is Cc1cccc(C(=O)Nc2scc(-c3cnccn3)c2C(=O)O)c1. The summed E-state index contributed by atoms with van der Waals surface area (Å²) in [6.07, 6.45) is 4.49. The maximum atomic E-state index is 12.4. The molecule has 0 aliphatic heterocycles. The predicted octanol–water partition coefficient (Wildman–Crippen LogP) is 3.46. The molecule has 0 atom stereocenters. The van der Waals surface area contributed by atoms with Crippen LogP contribution in [0.25, 0.3) is 11.3 Å². The van der Waals surface area contributed by atoms with Crippen LogP contribution >= 0.6 is 11.3 Å². The molecule has 120 valence electrons. The molecule has 3 rings (SSSR count). The van der Waals surface area contributed by atoms with Gasteiger partial charge in [0, 0.05) is 28.9 Å². The van der Waals surface area contributed by atoms with Gasteiger partial charge in [0.15, 0.2) is 0 Å². The molecule has 0 aliphatic carbocycles. The standard InChI is InChI=1S/C17H13N3O3S/c1-10-3-2-4-11(7-10)15(21)20-16-14(17(22)23)12(9-24-16)13-8-18-5-6-19-13/h2-9H,1H3,(H,20,21)(H,22,23). The Balaban J connectivity index is 1.96. The summed E-state index contributed by atoms with van der Waals surface area (Å²) in [6.45, 7) is 1.89. The van der Waals surface area contributed by atoms with Gasteiger partial charge < -0.3 is 10.4 Å². The van der Waals surface area contributed by atoms with Crippen molar-refractivity contribution in [3.63, 3.8) is 0 Å². The second kappa shape index (κ2) is 6.59. The van der Waals surface area contributed by atoms with Gasteiger partial charge in [-0.05, 0) is 19.1 Å². The summed E-state index contributed by atoms with van der Waals surface area (Å²) >= 11 is 1.15. The van der Waals surface area contributed by atoms with E-state index in [0.717, 1.165) is 16.9 Å². The molecule has 0 spiro atoms. The van der Waals surface area contributed by atoms with Gasteiger partial charge in [0.2, 0.25) is 0 Å². The zero-order valence-electron chi connectivity index (χ0n) is 12.7. The molecule has 2 N–H and O–H groups in total. The van der Waals surface area contributed by atoms with Crippen LogP contribution in [-0.2, 0) is 0 Å². The average Bonchev–Trinajstić information content (AvgIpc) is 2.99. The van der Waals surface area contributed by atoms with E-state index in [1.54, 1.807) is 23.6 Å². The van der Waals surface area contributed by atoms with Crippen LogP contribution in [0, 0.1) is 6.92 Å². The van der Waals surface area contributed by atoms with E-state index in [4.69, 9.17) is 0 Å². The Hall–Kier alpha value is -3.06. The lowest BCUT2D eigenvalue weighted by Gasteiger charge is -2.06. The number of aromatic carboxylic acids is 1. The molecule has 0 aliphatic rings. The van der Waals surface area contributed by atoms with Gasteiger partial charge in [0.25, 0.3) is 5.91 Å². The van der Waals surface area contributed by atoms with E-state index in [0.29, 0.717) is 16.8 Å². The number of carboxylic acids is 1. The Morgan fingerprint density at radius 1 is 1.25 bits per heavy atom. The van der Waals surface area contributed by atoms with E-state index >= 15 is 0 Å². The normalized spacial score (nSPS) is 10.4. The van der Waals surface area contributed by atoms with Gasteiger partial charge in [-0.2, -0.15) is 0 Å². The van der Waals surface area contributed by atoms with Crippen LogP contribution in [0.4, 0.5) is 5.00 Å². The molecule has 2 heterocycles. The van der Waals surface area contributed by atoms with E-state index < -0.39 is 5.97 Å². The number of anilines is 1.